The zero-order chi connectivity index (χ0) is 12.6. The standard InChI is InChI=1S/C16H26/c1-7-15(5)16(6)12-11-14(4)10-8-9-13(2)3/h7,9,11H,1,8,10,12H2,2-6H3/b14-11-,16-15-. The molecule has 0 aromatic rings. The third-order valence-electron chi connectivity index (χ3n) is 2.83. The summed E-state index contributed by atoms with van der Waals surface area (Å²) in [4.78, 5) is 0. The molecule has 0 spiro atoms. The molecule has 0 N–H and O–H groups in total. The number of hydrogen-bond donors (Lipinski definition) is 0. The second kappa shape index (κ2) is 8.15. The lowest BCUT2D eigenvalue weighted by Crippen LogP contribution is -1.82. The molecule has 0 aromatic heterocycles. The summed E-state index contributed by atoms with van der Waals surface area (Å²) in [7, 11) is 0. The molecule has 0 radical (unpaired) electrons. The van der Waals surface area contributed by atoms with Crippen LogP contribution in [0.15, 0.2) is 47.1 Å². The third-order valence-corrected chi connectivity index (χ3v) is 2.83. The molecular weight excluding hydrogens is 192 g/mol. The Labute approximate surface area is 101 Å². The Kier molecular flexibility index (Phi) is 7.62. The summed E-state index contributed by atoms with van der Waals surface area (Å²) in [5.74, 6) is 0. The molecular formula is C16H26. The van der Waals surface area contributed by atoms with Gasteiger partial charge in [0.2, 0.25) is 0 Å². The van der Waals surface area contributed by atoms with E-state index in [0.717, 1.165) is 12.8 Å². The predicted molar refractivity (Wildman–Crippen MR) is 75.6 cm³/mol. The van der Waals surface area contributed by atoms with Gasteiger partial charge in [0.1, 0.15) is 0 Å². The van der Waals surface area contributed by atoms with E-state index in [2.05, 4.69) is 53.3 Å². The molecule has 0 aliphatic rings. The van der Waals surface area contributed by atoms with Gasteiger partial charge in [-0.2, -0.15) is 0 Å². The van der Waals surface area contributed by atoms with Crippen LogP contribution in [0.2, 0.25) is 0 Å². The van der Waals surface area contributed by atoms with Gasteiger partial charge in [0.05, 0.1) is 0 Å². The molecule has 0 aliphatic heterocycles. The highest BCUT2D eigenvalue weighted by Gasteiger charge is 1.93. The van der Waals surface area contributed by atoms with Gasteiger partial charge >= 0.3 is 0 Å². The van der Waals surface area contributed by atoms with E-state index in [1.807, 2.05) is 6.08 Å². The first-order valence-electron chi connectivity index (χ1n) is 6.05. The molecule has 0 nitrogen and oxygen atoms in total. The van der Waals surface area contributed by atoms with Crippen LogP contribution < -0.4 is 0 Å². The Morgan fingerprint density at radius 2 is 1.62 bits per heavy atom. The van der Waals surface area contributed by atoms with E-state index >= 15 is 0 Å². The summed E-state index contributed by atoms with van der Waals surface area (Å²) in [6, 6.07) is 0. The molecule has 0 heteroatoms. The quantitative estimate of drug-likeness (QED) is 0.402. The van der Waals surface area contributed by atoms with Gasteiger partial charge in [-0.3, -0.25) is 0 Å². The first-order valence-corrected chi connectivity index (χ1v) is 6.05. The van der Waals surface area contributed by atoms with Gasteiger partial charge in [0.15, 0.2) is 0 Å². The molecule has 0 rings (SSSR count). The van der Waals surface area contributed by atoms with Crippen molar-refractivity contribution in [2.75, 3.05) is 0 Å². The largest absolute Gasteiger partial charge is 0.0988 e. The normalized spacial score (nSPS) is 13.2. The van der Waals surface area contributed by atoms with E-state index in [1.165, 1.54) is 28.7 Å². The minimum absolute atomic E-state index is 1.05. The Bertz CT molecular complexity index is 307. The summed E-state index contributed by atoms with van der Waals surface area (Å²) in [5.41, 5.74) is 5.60. The molecule has 0 bridgehead atoms. The van der Waals surface area contributed by atoms with Crippen molar-refractivity contribution in [2.24, 2.45) is 0 Å². The minimum Gasteiger partial charge on any atom is -0.0988 e. The number of rotatable bonds is 6. The Balaban J connectivity index is 4.15. The molecule has 0 aliphatic carbocycles. The number of allylic oxidation sites excluding steroid dienone is 7. The summed E-state index contributed by atoms with van der Waals surface area (Å²) in [6.07, 6.45) is 9.95. The van der Waals surface area contributed by atoms with Crippen molar-refractivity contribution < 1.29 is 0 Å². The molecule has 90 valence electrons. The van der Waals surface area contributed by atoms with E-state index < -0.39 is 0 Å². The fourth-order valence-corrected chi connectivity index (χ4v) is 1.35. The smallest absolute Gasteiger partial charge is 0.0133 e. The van der Waals surface area contributed by atoms with E-state index in [1.54, 1.807) is 0 Å². The predicted octanol–water partition coefficient (Wildman–Crippen LogP) is 5.59. The highest BCUT2D eigenvalue weighted by Crippen LogP contribution is 2.13. The third kappa shape index (κ3) is 7.28. The first kappa shape index (κ1) is 15.0. The van der Waals surface area contributed by atoms with Crippen molar-refractivity contribution in [2.45, 2.75) is 53.9 Å². The van der Waals surface area contributed by atoms with Gasteiger partial charge in [-0.05, 0) is 53.9 Å². The van der Waals surface area contributed by atoms with E-state index in [-0.39, 0.29) is 0 Å². The fraction of sp³-hybridized carbons (Fsp3) is 0.500. The molecule has 0 heterocycles. The van der Waals surface area contributed by atoms with Gasteiger partial charge in [-0.15, -0.1) is 0 Å². The monoisotopic (exact) mass is 218 g/mol. The lowest BCUT2D eigenvalue weighted by Gasteiger charge is -2.02. The number of hydrogen-bond acceptors (Lipinski definition) is 0. The van der Waals surface area contributed by atoms with Crippen LogP contribution in [0.25, 0.3) is 0 Å². The van der Waals surface area contributed by atoms with Crippen molar-refractivity contribution in [3.05, 3.63) is 47.1 Å². The molecule has 0 saturated heterocycles. The van der Waals surface area contributed by atoms with Crippen LogP contribution in [0, 0.1) is 0 Å². The summed E-state index contributed by atoms with van der Waals surface area (Å²) >= 11 is 0. The fourth-order valence-electron chi connectivity index (χ4n) is 1.35. The van der Waals surface area contributed by atoms with Gasteiger partial charge in [-0.1, -0.05) is 47.1 Å². The van der Waals surface area contributed by atoms with Gasteiger partial charge in [-0.25, -0.2) is 0 Å². The summed E-state index contributed by atoms with van der Waals surface area (Å²) in [6.45, 7) is 14.6. The molecule has 0 aromatic carbocycles. The van der Waals surface area contributed by atoms with E-state index in [9.17, 15) is 0 Å². The molecule has 0 fully saturated rings. The molecule has 0 amide bonds. The minimum atomic E-state index is 1.05. The van der Waals surface area contributed by atoms with Crippen LogP contribution in [0.4, 0.5) is 0 Å². The SMILES string of the molecule is C=C/C(C)=C(/C)C/C=C(/C)CCC=C(C)C. The second-order valence-electron chi connectivity index (χ2n) is 4.74. The maximum Gasteiger partial charge on any atom is -0.0133 e. The highest BCUT2D eigenvalue weighted by atomic mass is 14.0. The summed E-state index contributed by atoms with van der Waals surface area (Å²) in [5, 5.41) is 0. The van der Waals surface area contributed by atoms with Gasteiger partial charge in [0.25, 0.3) is 0 Å². The van der Waals surface area contributed by atoms with Gasteiger partial charge in [0, 0.05) is 0 Å². The highest BCUT2D eigenvalue weighted by molar-refractivity contribution is 5.23. The topological polar surface area (TPSA) is 0 Å². The second-order valence-corrected chi connectivity index (χ2v) is 4.74. The Hall–Kier alpha value is -1.04. The molecule has 0 atom stereocenters. The lowest BCUT2D eigenvalue weighted by molar-refractivity contribution is 0.953. The van der Waals surface area contributed by atoms with Gasteiger partial charge < -0.3 is 0 Å². The molecule has 0 unspecified atom stereocenters. The summed E-state index contributed by atoms with van der Waals surface area (Å²) < 4.78 is 0. The zero-order valence-electron chi connectivity index (χ0n) is 11.6. The van der Waals surface area contributed by atoms with Crippen molar-refractivity contribution in [3.63, 3.8) is 0 Å². The van der Waals surface area contributed by atoms with Crippen LogP contribution in [-0.2, 0) is 0 Å². The average Bonchev–Trinajstić information content (AvgIpc) is 2.24. The van der Waals surface area contributed by atoms with E-state index in [4.69, 9.17) is 0 Å². The van der Waals surface area contributed by atoms with Crippen LogP contribution in [0.3, 0.4) is 0 Å². The van der Waals surface area contributed by atoms with Crippen molar-refractivity contribution >= 4 is 0 Å². The molecule has 16 heavy (non-hydrogen) atoms. The maximum absolute atomic E-state index is 3.79. The first-order chi connectivity index (χ1) is 7.47. The lowest BCUT2D eigenvalue weighted by atomic mass is 10.0. The van der Waals surface area contributed by atoms with Crippen LogP contribution >= 0.6 is 0 Å². The van der Waals surface area contributed by atoms with Crippen molar-refractivity contribution in [1.82, 2.24) is 0 Å². The van der Waals surface area contributed by atoms with Crippen LogP contribution in [-0.4, -0.2) is 0 Å². The maximum atomic E-state index is 3.79. The van der Waals surface area contributed by atoms with Crippen LogP contribution in [0.5, 0.6) is 0 Å². The zero-order valence-corrected chi connectivity index (χ0v) is 11.6. The Morgan fingerprint density at radius 3 is 2.12 bits per heavy atom. The molecule has 0 saturated carbocycles. The Morgan fingerprint density at radius 1 is 1.00 bits per heavy atom. The van der Waals surface area contributed by atoms with Crippen molar-refractivity contribution in [3.8, 4) is 0 Å². The van der Waals surface area contributed by atoms with E-state index in [0.29, 0.717) is 0 Å². The van der Waals surface area contributed by atoms with Crippen LogP contribution in [0.1, 0.15) is 53.9 Å². The van der Waals surface area contributed by atoms with Crippen molar-refractivity contribution in [1.29, 1.82) is 0 Å². The average molecular weight is 218 g/mol.